The van der Waals surface area contributed by atoms with E-state index in [9.17, 15) is 4.79 Å². The van der Waals surface area contributed by atoms with Crippen LogP contribution in [0, 0.1) is 0 Å². The zero-order valence-corrected chi connectivity index (χ0v) is 14.3. The van der Waals surface area contributed by atoms with E-state index < -0.39 is 0 Å². The van der Waals surface area contributed by atoms with Crippen molar-refractivity contribution in [2.24, 2.45) is 0 Å². The zero-order valence-electron chi connectivity index (χ0n) is 9.51. The molecule has 2 heterocycles. The molecule has 96 valence electrons. The average Bonchev–Trinajstić information content (AvgIpc) is 3.01. The van der Waals surface area contributed by atoms with Crippen LogP contribution in [0.1, 0.15) is 11.1 Å². The topological polar surface area (TPSA) is 17.1 Å². The smallest absolute Gasteiger partial charge is 0.160 e. The number of Topliss-reactive ketones (excluding diaryl/α,β-unsaturated/α-hetero) is 1. The molecule has 0 saturated heterocycles. The van der Waals surface area contributed by atoms with Crippen LogP contribution in [0.4, 0.5) is 0 Å². The highest BCUT2D eigenvalue weighted by molar-refractivity contribution is 9.10. The normalized spacial score (nSPS) is 14.3. The van der Waals surface area contributed by atoms with Gasteiger partial charge in [0.15, 0.2) is 5.78 Å². The maximum Gasteiger partial charge on any atom is 0.160 e. The SMILES string of the molecule is O=C(C(Br)Cc1ccsc1)C(Br)Cc1ccsc1. The molecule has 0 saturated carbocycles. The van der Waals surface area contributed by atoms with Crippen LogP contribution in [0.2, 0.25) is 0 Å². The van der Waals surface area contributed by atoms with Crippen molar-refractivity contribution in [3.05, 3.63) is 44.8 Å². The maximum atomic E-state index is 12.2. The first-order valence-corrected chi connectivity index (χ1v) is 9.22. The molecule has 0 aliphatic heterocycles. The fourth-order valence-corrected chi connectivity index (χ4v) is 4.73. The van der Waals surface area contributed by atoms with E-state index in [-0.39, 0.29) is 15.4 Å². The first-order valence-electron chi connectivity index (χ1n) is 5.51. The summed E-state index contributed by atoms with van der Waals surface area (Å²) in [6.07, 6.45) is 1.52. The standard InChI is InChI=1S/C13H12Br2OS2/c14-11(5-9-1-3-17-7-9)13(16)12(15)6-10-2-4-18-8-10/h1-4,7-8,11-12H,5-6H2. The van der Waals surface area contributed by atoms with Gasteiger partial charge >= 0.3 is 0 Å². The first-order chi connectivity index (χ1) is 8.66. The lowest BCUT2D eigenvalue weighted by molar-refractivity contribution is -0.117. The molecule has 18 heavy (non-hydrogen) atoms. The number of carbonyl (C=O) groups excluding carboxylic acids is 1. The van der Waals surface area contributed by atoms with Gasteiger partial charge in [0.25, 0.3) is 0 Å². The molecule has 0 aliphatic carbocycles. The number of ketones is 1. The van der Waals surface area contributed by atoms with Gasteiger partial charge in [-0.1, -0.05) is 31.9 Å². The van der Waals surface area contributed by atoms with Gasteiger partial charge in [0.05, 0.1) is 9.65 Å². The van der Waals surface area contributed by atoms with E-state index in [0.717, 1.165) is 12.8 Å². The number of alkyl halides is 2. The van der Waals surface area contributed by atoms with Crippen molar-refractivity contribution in [1.82, 2.24) is 0 Å². The maximum absolute atomic E-state index is 12.2. The van der Waals surface area contributed by atoms with E-state index in [1.807, 2.05) is 10.8 Å². The Hall–Kier alpha value is 0.0300. The Morgan fingerprint density at radius 2 is 1.44 bits per heavy atom. The quantitative estimate of drug-likeness (QED) is 0.634. The van der Waals surface area contributed by atoms with E-state index in [0.29, 0.717) is 0 Å². The Balaban J connectivity index is 1.89. The molecule has 0 aliphatic rings. The highest BCUT2D eigenvalue weighted by Crippen LogP contribution is 2.20. The molecule has 2 atom stereocenters. The van der Waals surface area contributed by atoms with E-state index in [4.69, 9.17) is 0 Å². The van der Waals surface area contributed by atoms with Crippen molar-refractivity contribution in [3.63, 3.8) is 0 Å². The number of carbonyl (C=O) groups is 1. The molecule has 0 fully saturated rings. The van der Waals surface area contributed by atoms with Crippen molar-refractivity contribution in [1.29, 1.82) is 0 Å². The lowest BCUT2D eigenvalue weighted by Crippen LogP contribution is -2.27. The molecular formula is C13H12Br2OS2. The number of hydrogen-bond acceptors (Lipinski definition) is 3. The summed E-state index contributed by atoms with van der Waals surface area (Å²) in [5.74, 6) is 0.215. The van der Waals surface area contributed by atoms with Gasteiger partial charge in [-0.3, -0.25) is 4.79 Å². The Bertz CT molecular complexity index is 435. The largest absolute Gasteiger partial charge is 0.297 e. The number of halogens is 2. The Kier molecular flexibility index (Phi) is 5.60. The van der Waals surface area contributed by atoms with Gasteiger partial charge in [-0.05, 0) is 57.6 Å². The van der Waals surface area contributed by atoms with Crippen LogP contribution in [0.5, 0.6) is 0 Å². The fourth-order valence-electron chi connectivity index (χ4n) is 1.63. The Labute approximate surface area is 131 Å². The Morgan fingerprint density at radius 3 is 1.78 bits per heavy atom. The van der Waals surface area contributed by atoms with Gasteiger partial charge in [-0.2, -0.15) is 22.7 Å². The first kappa shape index (κ1) is 14.4. The minimum Gasteiger partial charge on any atom is -0.297 e. The minimum absolute atomic E-state index is 0.116. The molecule has 5 heteroatoms. The third-order valence-electron chi connectivity index (χ3n) is 2.61. The van der Waals surface area contributed by atoms with Crippen LogP contribution in [0.15, 0.2) is 33.7 Å². The fraction of sp³-hybridized carbons (Fsp3) is 0.308. The third kappa shape index (κ3) is 4.02. The number of rotatable bonds is 6. The van der Waals surface area contributed by atoms with Crippen molar-refractivity contribution in [2.75, 3.05) is 0 Å². The second-order valence-electron chi connectivity index (χ2n) is 4.01. The van der Waals surface area contributed by atoms with Crippen LogP contribution in [-0.2, 0) is 17.6 Å². The second kappa shape index (κ2) is 6.98. The summed E-state index contributed by atoms with van der Waals surface area (Å²) in [4.78, 5) is 12.0. The molecule has 2 aromatic heterocycles. The number of thiophene rings is 2. The highest BCUT2D eigenvalue weighted by Gasteiger charge is 2.23. The van der Waals surface area contributed by atoms with Gasteiger partial charge in [0.2, 0.25) is 0 Å². The second-order valence-corrected chi connectivity index (χ2v) is 7.78. The summed E-state index contributed by atoms with van der Waals surface area (Å²) >= 11 is 10.3. The van der Waals surface area contributed by atoms with Crippen LogP contribution in [-0.4, -0.2) is 15.4 Å². The van der Waals surface area contributed by atoms with E-state index in [2.05, 4.69) is 54.8 Å². The predicted octanol–water partition coefficient (Wildman–Crippen LogP) is 4.69. The average molecular weight is 408 g/mol. The number of hydrogen-bond donors (Lipinski definition) is 0. The van der Waals surface area contributed by atoms with Crippen LogP contribution >= 0.6 is 54.5 Å². The van der Waals surface area contributed by atoms with Crippen molar-refractivity contribution in [3.8, 4) is 0 Å². The van der Waals surface area contributed by atoms with E-state index in [1.165, 1.54) is 11.1 Å². The highest BCUT2D eigenvalue weighted by atomic mass is 79.9. The van der Waals surface area contributed by atoms with Gasteiger partial charge in [-0.15, -0.1) is 0 Å². The lowest BCUT2D eigenvalue weighted by atomic mass is 10.1. The van der Waals surface area contributed by atoms with Crippen molar-refractivity contribution >= 4 is 60.3 Å². The summed E-state index contributed by atoms with van der Waals surface area (Å²) in [6.45, 7) is 0. The van der Waals surface area contributed by atoms with E-state index >= 15 is 0 Å². The molecule has 2 aromatic rings. The summed E-state index contributed by atoms with van der Waals surface area (Å²) < 4.78 is 0. The van der Waals surface area contributed by atoms with Crippen LogP contribution in [0.3, 0.4) is 0 Å². The van der Waals surface area contributed by atoms with Crippen LogP contribution < -0.4 is 0 Å². The van der Waals surface area contributed by atoms with Gasteiger partial charge in [0, 0.05) is 0 Å². The zero-order chi connectivity index (χ0) is 13.0. The van der Waals surface area contributed by atoms with Gasteiger partial charge in [-0.25, -0.2) is 0 Å². The molecule has 0 bridgehead atoms. The molecule has 2 rings (SSSR count). The molecular weight excluding hydrogens is 396 g/mol. The Morgan fingerprint density at radius 1 is 1.00 bits per heavy atom. The van der Waals surface area contributed by atoms with Crippen molar-refractivity contribution in [2.45, 2.75) is 22.5 Å². The third-order valence-corrected chi connectivity index (χ3v) is 5.62. The molecule has 0 spiro atoms. The lowest BCUT2D eigenvalue weighted by Gasteiger charge is -2.12. The predicted molar refractivity (Wildman–Crippen MR) is 86.5 cm³/mol. The molecule has 0 N–H and O–H groups in total. The molecule has 2 unspecified atom stereocenters. The molecule has 1 nitrogen and oxygen atoms in total. The summed E-state index contributed by atoms with van der Waals surface area (Å²) in [5.41, 5.74) is 2.43. The summed E-state index contributed by atoms with van der Waals surface area (Å²) in [6, 6.07) is 4.13. The van der Waals surface area contributed by atoms with E-state index in [1.54, 1.807) is 22.7 Å². The molecule has 0 radical (unpaired) electrons. The minimum atomic E-state index is -0.116. The van der Waals surface area contributed by atoms with Gasteiger partial charge in [0.1, 0.15) is 0 Å². The summed E-state index contributed by atoms with van der Waals surface area (Å²) in [7, 11) is 0. The molecule has 0 amide bonds. The monoisotopic (exact) mass is 406 g/mol. The summed E-state index contributed by atoms with van der Waals surface area (Å²) in [5, 5.41) is 8.25. The van der Waals surface area contributed by atoms with Gasteiger partial charge < -0.3 is 0 Å². The van der Waals surface area contributed by atoms with Crippen LogP contribution in [0.25, 0.3) is 0 Å². The molecule has 0 aromatic carbocycles. The van der Waals surface area contributed by atoms with Crippen molar-refractivity contribution < 1.29 is 4.79 Å².